The predicted molar refractivity (Wildman–Crippen MR) is 95.4 cm³/mol. The molecule has 116 valence electrons. The monoisotopic (exact) mass is 303 g/mol. The average Bonchev–Trinajstić information content (AvgIpc) is 2.54. The van der Waals surface area contributed by atoms with Crippen LogP contribution in [0, 0.1) is 13.8 Å². The smallest absolute Gasteiger partial charge is 0.224 e. The summed E-state index contributed by atoms with van der Waals surface area (Å²) >= 11 is 0. The first-order valence-electron chi connectivity index (χ1n) is 7.93. The fourth-order valence-electron chi connectivity index (χ4n) is 2.92. The molecule has 2 heteroatoms. The standard InChI is InChI=1S/C21H21NO/c1-15-10-11-19(16(2)12-15)14-22-21(23)13-18-8-5-7-17-6-3-4-9-20(17)18/h3-12H,13-14H2,1-2H3,(H,22,23). The van der Waals surface area contributed by atoms with E-state index in [1.165, 1.54) is 22.1 Å². The second-order valence-corrected chi connectivity index (χ2v) is 6.02. The third-order valence-electron chi connectivity index (χ3n) is 4.21. The van der Waals surface area contributed by atoms with E-state index in [2.05, 4.69) is 55.6 Å². The van der Waals surface area contributed by atoms with Crippen molar-refractivity contribution in [3.05, 3.63) is 82.9 Å². The lowest BCUT2D eigenvalue weighted by Gasteiger charge is -2.10. The summed E-state index contributed by atoms with van der Waals surface area (Å²) in [7, 11) is 0. The molecule has 0 bridgehead atoms. The summed E-state index contributed by atoms with van der Waals surface area (Å²) in [6.07, 6.45) is 0.409. The Kier molecular flexibility index (Phi) is 4.42. The van der Waals surface area contributed by atoms with Gasteiger partial charge in [-0.15, -0.1) is 0 Å². The molecule has 0 spiro atoms. The van der Waals surface area contributed by atoms with Gasteiger partial charge in [0.1, 0.15) is 0 Å². The minimum atomic E-state index is 0.0568. The molecule has 3 rings (SSSR count). The molecule has 0 heterocycles. The number of carbonyl (C=O) groups excluding carboxylic acids is 1. The van der Waals surface area contributed by atoms with E-state index in [-0.39, 0.29) is 5.91 Å². The zero-order valence-electron chi connectivity index (χ0n) is 13.6. The summed E-state index contributed by atoms with van der Waals surface area (Å²) in [6.45, 7) is 4.74. The molecule has 0 fully saturated rings. The maximum atomic E-state index is 12.3. The molecule has 2 nitrogen and oxygen atoms in total. The van der Waals surface area contributed by atoms with Crippen molar-refractivity contribution in [3.8, 4) is 0 Å². The lowest BCUT2D eigenvalue weighted by Crippen LogP contribution is -2.25. The molecule has 1 amide bonds. The number of nitrogens with one attached hydrogen (secondary N) is 1. The van der Waals surface area contributed by atoms with E-state index in [0.29, 0.717) is 13.0 Å². The highest BCUT2D eigenvalue weighted by Crippen LogP contribution is 2.19. The molecular weight excluding hydrogens is 282 g/mol. The largest absolute Gasteiger partial charge is 0.352 e. The van der Waals surface area contributed by atoms with Crippen LogP contribution < -0.4 is 5.32 Å². The van der Waals surface area contributed by atoms with Gasteiger partial charge < -0.3 is 5.32 Å². The van der Waals surface area contributed by atoms with Gasteiger partial charge in [-0.1, -0.05) is 66.2 Å². The molecule has 1 N–H and O–H groups in total. The third kappa shape index (κ3) is 3.59. The van der Waals surface area contributed by atoms with Crippen molar-refractivity contribution >= 4 is 16.7 Å². The van der Waals surface area contributed by atoms with E-state index in [1.54, 1.807) is 0 Å². The number of hydrogen-bond donors (Lipinski definition) is 1. The summed E-state index contributed by atoms with van der Waals surface area (Å²) in [5, 5.41) is 5.36. The van der Waals surface area contributed by atoms with Gasteiger partial charge >= 0.3 is 0 Å². The third-order valence-corrected chi connectivity index (χ3v) is 4.21. The lowest BCUT2D eigenvalue weighted by molar-refractivity contribution is -0.120. The SMILES string of the molecule is Cc1ccc(CNC(=O)Cc2cccc3ccccc23)c(C)c1. The van der Waals surface area contributed by atoms with Crippen LogP contribution in [0.1, 0.15) is 22.3 Å². The van der Waals surface area contributed by atoms with Crippen LogP contribution in [-0.4, -0.2) is 5.91 Å². The Morgan fingerprint density at radius 1 is 0.913 bits per heavy atom. The van der Waals surface area contributed by atoms with Crippen molar-refractivity contribution in [1.82, 2.24) is 5.32 Å². The minimum Gasteiger partial charge on any atom is -0.352 e. The zero-order valence-corrected chi connectivity index (χ0v) is 13.6. The Morgan fingerprint density at radius 2 is 1.70 bits per heavy atom. The number of rotatable bonds is 4. The van der Waals surface area contributed by atoms with Crippen molar-refractivity contribution in [2.24, 2.45) is 0 Å². The number of fused-ring (bicyclic) bond motifs is 1. The quantitative estimate of drug-likeness (QED) is 0.764. The minimum absolute atomic E-state index is 0.0568. The summed E-state index contributed by atoms with van der Waals surface area (Å²) < 4.78 is 0. The van der Waals surface area contributed by atoms with Gasteiger partial charge in [-0.2, -0.15) is 0 Å². The van der Waals surface area contributed by atoms with Crippen molar-refractivity contribution in [3.63, 3.8) is 0 Å². The van der Waals surface area contributed by atoms with Crippen LogP contribution in [0.5, 0.6) is 0 Å². The molecule has 0 aliphatic heterocycles. The normalized spacial score (nSPS) is 10.7. The first kappa shape index (κ1) is 15.3. The second-order valence-electron chi connectivity index (χ2n) is 6.02. The lowest BCUT2D eigenvalue weighted by atomic mass is 10.0. The molecule has 0 aliphatic rings. The van der Waals surface area contributed by atoms with Gasteiger partial charge in [0, 0.05) is 6.54 Å². The van der Waals surface area contributed by atoms with Crippen LogP contribution in [0.2, 0.25) is 0 Å². The van der Waals surface area contributed by atoms with E-state index in [4.69, 9.17) is 0 Å². The van der Waals surface area contributed by atoms with Gasteiger partial charge in [0.25, 0.3) is 0 Å². The maximum absolute atomic E-state index is 12.3. The van der Waals surface area contributed by atoms with Crippen LogP contribution in [-0.2, 0) is 17.8 Å². The van der Waals surface area contributed by atoms with Crippen molar-refractivity contribution in [1.29, 1.82) is 0 Å². The Balaban J connectivity index is 1.69. The highest BCUT2D eigenvalue weighted by molar-refractivity contribution is 5.90. The topological polar surface area (TPSA) is 29.1 Å². The first-order chi connectivity index (χ1) is 11.1. The van der Waals surface area contributed by atoms with Crippen LogP contribution >= 0.6 is 0 Å². The summed E-state index contributed by atoms with van der Waals surface area (Å²) in [5.41, 5.74) is 4.70. The highest BCUT2D eigenvalue weighted by atomic mass is 16.1. The molecule has 0 atom stereocenters. The van der Waals surface area contributed by atoms with E-state index in [9.17, 15) is 4.79 Å². The molecule has 0 saturated heterocycles. The fraction of sp³-hybridized carbons (Fsp3) is 0.190. The first-order valence-corrected chi connectivity index (χ1v) is 7.93. The molecule has 0 aliphatic carbocycles. The van der Waals surface area contributed by atoms with Gasteiger partial charge in [0.05, 0.1) is 6.42 Å². The second kappa shape index (κ2) is 6.66. The molecule has 0 saturated carbocycles. The summed E-state index contributed by atoms with van der Waals surface area (Å²) in [4.78, 5) is 12.3. The number of carbonyl (C=O) groups is 1. The van der Waals surface area contributed by atoms with Gasteiger partial charge in [-0.25, -0.2) is 0 Å². The van der Waals surface area contributed by atoms with Crippen molar-refractivity contribution in [2.45, 2.75) is 26.8 Å². The number of amides is 1. The Morgan fingerprint density at radius 3 is 2.52 bits per heavy atom. The number of benzene rings is 3. The van der Waals surface area contributed by atoms with Gasteiger partial charge in [0.15, 0.2) is 0 Å². The Hall–Kier alpha value is -2.61. The Labute approximate surface area is 137 Å². The van der Waals surface area contributed by atoms with Gasteiger partial charge in [-0.05, 0) is 41.3 Å². The molecule has 3 aromatic carbocycles. The zero-order chi connectivity index (χ0) is 16.2. The maximum Gasteiger partial charge on any atom is 0.224 e. The summed E-state index contributed by atoms with van der Waals surface area (Å²) in [5.74, 6) is 0.0568. The number of aryl methyl sites for hydroxylation is 2. The van der Waals surface area contributed by atoms with Crippen molar-refractivity contribution < 1.29 is 4.79 Å². The fourth-order valence-corrected chi connectivity index (χ4v) is 2.92. The molecule has 3 aromatic rings. The van der Waals surface area contributed by atoms with Crippen LogP contribution in [0.25, 0.3) is 10.8 Å². The van der Waals surface area contributed by atoms with E-state index >= 15 is 0 Å². The van der Waals surface area contributed by atoms with E-state index in [0.717, 1.165) is 10.9 Å². The Bertz CT molecular complexity index is 846. The molecule has 0 radical (unpaired) electrons. The van der Waals surface area contributed by atoms with E-state index < -0.39 is 0 Å². The van der Waals surface area contributed by atoms with Crippen molar-refractivity contribution in [2.75, 3.05) is 0 Å². The molecular formula is C21H21NO. The average molecular weight is 303 g/mol. The van der Waals surface area contributed by atoms with Gasteiger partial charge in [-0.3, -0.25) is 4.79 Å². The molecule has 23 heavy (non-hydrogen) atoms. The van der Waals surface area contributed by atoms with Crippen LogP contribution in [0.3, 0.4) is 0 Å². The van der Waals surface area contributed by atoms with E-state index in [1.807, 2.05) is 24.3 Å². The van der Waals surface area contributed by atoms with Crippen LogP contribution in [0.4, 0.5) is 0 Å². The molecule has 0 unspecified atom stereocenters. The summed E-state index contributed by atoms with van der Waals surface area (Å²) in [6, 6.07) is 20.6. The highest BCUT2D eigenvalue weighted by Gasteiger charge is 2.07. The van der Waals surface area contributed by atoms with Gasteiger partial charge in [0.2, 0.25) is 5.91 Å². The predicted octanol–water partition coefficient (Wildman–Crippen LogP) is 4.32. The van der Waals surface area contributed by atoms with Crippen LogP contribution in [0.15, 0.2) is 60.7 Å². The molecule has 0 aromatic heterocycles. The number of hydrogen-bond acceptors (Lipinski definition) is 1.